The second-order valence-corrected chi connectivity index (χ2v) is 9.83. The Morgan fingerprint density at radius 2 is 1.48 bits per heavy atom. The third-order valence-corrected chi connectivity index (χ3v) is 7.31. The normalized spacial score (nSPS) is 33.7. The lowest BCUT2D eigenvalue weighted by atomic mass is 9.49. The molecule has 27 heavy (non-hydrogen) atoms. The van der Waals surface area contributed by atoms with Gasteiger partial charge in [0, 0.05) is 18.9 Å². The zero-order valence-corrected chi connectivity index (χ0v) is 18.0. The van der Waals surface area contributed by atoms with Crippen molar-refractivity contribution in [3.05, 3.63) is 11.5 Å². The molecular weight excluding hydrogens is 338 g/mol. The number of hydrogen-bond acceptors (Lipinski definition) is 3. The molecule has 0 radical (unpaired) electrons. The molecule has 4 aliphatic rings. The highest BCUT2D eigenvalue weighted by molar-refractivity contribution is 5.79. The second-order valence-electron chi connectivity index (χ2n) is 9.83. The Morgan fingerprint density at radius 1 is 1.00 bits per heavy atom. The Hall–Kier alpha value is -1.32. The van der Waals surface area contributed by atoms with E-state index in [0.29, 0.717) is 23.5 Å². The van der Waals surface area contributed by atoms with Crippen molar-refractivity contribution in [3.8, 4) is 0 Å². The van der Waals surface area contributed by atoms with Crippen LogP contribution in [0.25, 0.3) is 0 Å². The van der Waals surface area contributed by atoms with Crippen LogP contribution in [0.15, 0.2) is 11.5 Å². The molecule has 0 heterocycles. The van der Waals surface area contributed by atoms with E-state index in [1.54, 1.807) is 11.8 Å². The van der Waals surface area contributed by atoms with E-state index in [2.05, 4.69) is 13.8 Å². The fourth-order valence-electron chi connectivity index (χ4n) is 6.39. The Kier molecular flexibility index (Phi) is 5.74. The molecule has 152 valence electrons. The van der Waals surface area contributed by atoms with Crippen molar-refractivity contribution >= 4 is 11.9 Å². The summed E-state index contributed by atoms with van der Waals surface area (Å²) >= 11 is 0. The van der Waals surface area contributed by atoms with E-state index < -0.39 is 0 Å². The van der Waals surface area contributed by atoms with Gasteiger partial charge in [0.2, 0.25) is 5.91 Å². The Labute approximate surface area is 164 Å². The highest BCUT2D eigenvalue weighted by Gasteiger charge is 2.55. The zero-order valence-electron chi connectivity index (χ0n) is 18.0. The monoisotopic (exact) mass is 375 g/mol. The number of esters is 1. The number of rotatable bonds is 6. The Bertz CT molecular complexity index is 598. The van der Waals surface area contributed by atoms with Crippen LogP contribution >= 0.6 is 0 Å². The molecule has 1 unspecified atom stereocenters. The van der Waals surface area contributed by atoms with Gasteiger partial charge in [-0.25, -0.2) is 0 Å². The van der Waals surface area contributed by atoms with Crippen LogP contribution in [0.3, 0.4) is 0 Å². The molecular formula is C23H37NO3. The van der Waals surface area contributed by atoms with Gasteiger partial charge in [0.1, 0.15) is 5.76 Å². The fraction of sp³-hybridized carbons (Fsp3) is 0.826. The molecule has 0 aliphatic heterocycles. The number of hydrogen-bond donors (Lipinski definition) is 0. The van der Waals surface area contributed by atoms with Crippen molar-refractivity contribution in [1.82, 2.24) is 4.90 Å². The molecule has 4 nitrogen and oxygen atoms in total. The summed E-state index contributed by atoms with van der Waals surface area (Å²) in [6.45, 7) is 11.7. The van der Waals surface area contributed by atoms with E-state index in [0.717, 1.165) is 31.4 Å². The van der Waals surface area contributed by atoms with E-state index in [1.807, 2.05) is 20.8 Å². The van der Waals surface area contributed by atoms with E-state index in [9.17, 15) is 9.59 Å². The van der Waals surface area contributed by atoms with Crippen LogP contribution in [0.5, 0.6) is 0 Å². The summed E-state index contributed by atoms with van der Waals surface area (Å²) < 4.78 is 6.18. The van der Waals surface area contributed by atoms with Gasteiger partial charge in [-0.3, -0.25) is 9.59 Å². The summed E-state index contributed by atoms with van der Waals surface area (Å²) in [4.78, 5) is 27.4. The van der Waals surface area contributed by atoms with Gasteiger partial charge in [0.25, 0.3) is 0 Å². The molecule has 1 atom stereocenters. The number of allylic oxidation sites excluding steroid dienone is 2. The molecule has 0 spiro atoms. The van der Waals surface area contributed by atoms with Gasteiger partial charge < -0.3 is 9.64 Å². The first-order valence-corrected chi connectivity index (χ1v) is 10.9. The van der Waals surface area contributed by atoms with Crippen LogP contribution in [0.4, 0.5) is 0 Å². The molecule has 0 saturated heterocycles. The molecule has 0 N–H and O–H groups in total. The Morgan fingerprint density at radius 3 is 1.85 bits per heavy atom. The summed E-state index contributed by atoms with van der Waals surface area (Å²) in [7, 11) is 0. The van der Waals surface area contributed by atoms with Crippen LogP contribution < -0.4 is 0 Å². The number of amides is 1. The van der Waals surface area contributed by atoms with E-state index >= 15 is 0 Å². The highest BCUT2D eigenvalue weighted by atomic mass is 16.5. The molecule has 0 aromatic carbocycles. The molecule has 4 heteroatoms. The predicted molar refractivity (Wildman–Crippen MR) is 107 cm³/mol. The topological polar surface area (TPSA) is 46.6 Å². The van der Waals surface area contributed by atoms with Crippen molar-refractivity contribution in [2.75, 3.05) is 0 Å². The van der Waals surface area contributed by atoms with Crippen molar-refractivity contribution in [3.63, 3.8) is 0 Å². The van der Waals surface area contributed by atoms with Crippen molar-refractivity contribution < 1.29 is 14.3 Å². The number of nitrogens with zero attached hydrogens (tertiary/aromatic N) is 1. The van der Waals surface area contributed by atoms with Crippen LogP contribution in [-0.2, 0) is 14.3 Å². The van der Waals surface area contributed by atoms with Gasteiger partial charge in [-0.1, -0.05) is 13.8 Å². The van der Waals surface area contributed by atoms with Crippen molar-refractivity contribution in [1.29, 1.82) is 0 Å². The summed E-state index contributed by atoms with van der Waals surface area (Å²) in [5, 5.41) is 0. The largest absolute Gasteiger partial charge is 0.429 e. The van der Waals surface area contributed by atoms with E-state index in [4.69, 9.17) is 4.74 Å². The van der Waals surface area contributed by atoms with Gasteiger partial charge >= 0.3 is 5.97 Å². The maximum atomic E-state index is 13.4. The molecule has 1 amide bonds. The minimum absolute atomic E-state index is 0.00541. The molecule has 4 aliphatic carbocycles. The van der Waals surface area contributed by atoms with Crippen molar-refractivity contribution in [2.24, 2.45) is 29.1 Å². The quantitative estimate of drug-likeness (QED) is 0.469. The molecule has 4 saturated carbocycles. The minimum Gasteiger partial charge on any atom is -0.429 e. The lowest BCUT2D eigenvalue weighted by Crippen LogP contribution is -2.50. The first kappa shape index (κ1) is 20.4. The molecule has 0 aromatic heterocycles. The van der Waals surface area contributed by atoms with Crippen LogP contribution in [0.1, 0.15) is 86.5 Å². The van der Waals surface area contributed by atoms with E-state index in [-0.39, 0.29) is 29.3 Å². The fourth-order valence-corrected chi connectivity index (χ4v) is 6.39. The lowest BCUT2D eigenvalue weighted by Gasteiger charge is -2.55. The van der Waals surface area contributed by atoms with Gasteiger partial charge in [-0.15, -0.1) is 0 Å². The second kappa shape index (κ2) is 7.60. The standard InChI is InChI=1S/C23H37NO3/c1-7-15(4)21(16(5)24(14(2)3)17(6)25)27-22(26)23-11-18-8-19(12-23)10-20(9-18)13-23/h14-15,18-20H,7-13H2,1-6H3/b21-16+. The third kappa shape index (κ3) is 3.82. The first-order valence-electron chi connectivity index (χ1n) is 10.9. The van der Waals surface area contributed by atoms with Gasteiger partial charge in [-0.2, -0.15) is 0 Å². The average Bonchev–Trinajstić information content (AvgIpc) is 2.56. The van der Waals surface area contributed by atoms with Crippen LogP contribution in [0.2, 0.25) is 0 Å². The van der Waals surface area contributed by atoms with Crippen molar-refractivity contribution in [2.45, 2.75) is 92.5 Å². The molecule has 0 aromatic rings. The number of carbonyl (C=O) groups excluding carboxylic acids is 2. The van der Waals surface area contributed by atoms with Gasteiger partial charge in [0.15, 0.2) is 0 Å². The summed E-state index contributed by atoms with van der Waals surface area (Å²) in [6.07, 6.45) is 7.83. The predicted octanol–water partition coefficient (Wildman–Crippen LogP) is 5.28. The van der Waals surface area contributed by atoms with Crippen LogP contribution in [0, 0.1) is 29.1 Å². The minimum atomic E-state index is -0.271. The Balaban J connectivity index is 1.88. The molecule has 4 rings (SSSR count). The number of ether oxygens (including phenoxy) is 1. The summed E-state index contributed by atoms with van der Waals surface area (Å²) in [5.74, 6) is 2.92. The highest BCUT2D eigenvalue weighted by Crippen LogP contribution is 2.60. The number of carbonyl (C=O) groups is 2. The summed E-state index contributed by atoms with van der Waals surface area (Å²) in [6, 6.07) is 0.0415. The first-order chi connectivity index (χ1) is 12.7. The zero-order chi connectivity index (χ0) is 19.9. The van der Waals surface area contributed by atoms with Gasteiger partial charge in [0.05, 0.1) is 11.1 Å². The van der Waals surface area contributed by atoms with Crippen LogP contribution in [-0.4, -0.2) is 22.8 Å². The third-order valence-electron chi connectivity index (χ3n) is 7.31. The van der Waals surface area contributed by atoms with Gasteiger partial charge in [-0.05, 0) is 83.5 Å². The maximum Gasteiger partial charge on any atom is 0.317 e. The summed E-state index contributed by atoms with van der Waals surface area (Å²) in [5.41, 5.74) is 0.525. The maximum absolute atomic E-state index is 13.4. The van der Waals surface area contributed by atoms with E-state index in [1.165, 1.54) is 19.3 Å². The SMILES string of the molecule is CCC(C)/C(OC(=O)C12CC3CC(CC(C3)C1)C2)=C(/C)N(C(C)=O)C(C)C. The lowest BCUT2D eigenvalue weighted by molar-refractivity contribution is -0.168. The average molecular weight is 376 g/mol. The molecule has 4 fully saturated rings. The molecule has 4 bridgehead atoms. The smallest absolute Gasteiger partial charge is 0.317 e.